The summed E-state index contributed by atoms with van der Waals surface area (Å²) in [6, 6.07) is 6.19. The Kier molecular flexibility index (Phi) is 11.6. The van der Waals surface area contributed by atoms with Gasteiger partial charge in [0.15, 0.2) is 27.0 Å². The first-order chi connectivity index (χ1) is 18.6. The topological polar surface area (TPSA) is 149 Å². The second-order valence-electron chi connectivity index (χ2n) is 7.55. The van der Waals surface area contributed by atoms with Crippen LogP contribution < -0.4 is 24.3 Å². The van der Waals surface area contributed by atoms with Crippen LogP contribution >= 0.6 is 0 Å². The minimum absolute atomic E-state index is 0.0479. The highest BCUT2D eigenvalue weighted by Gasteiger charge is 2.22. The summed E-state index contributed by atoms with van der Waals surface area (Å²) >= 11 is 0. The monoisotopic (exact) mass is 564 g/mol. The molecule has 0 unspecified atom stereocenters. The van der Waals surface area contributed by atoms with Gasteiger partial charge in [-0.25, -0.2) is 23.0 Å². The van der Waals surface area contributed by atoms with Crippen LogP contribution in [0.1, 0.15) is 25.1 Å². The van der Waals surface area contributed by atoms with E-state index in [-0.39, 0.29) is 30.5 Å². The summed E-state index contributed by atoms with van der Waals surface area (Å²) in [5, 5.41) is 3.74. The average Bonchev–Trinajstić information content (AvgIpc) is 2.91. The summed E-state index contributed by atoms with van der Waals surface area (Å²) in [6.07, 6.45) is 2.43. The molecule has 0 aliphatic carbocycles. The van der Waals surface area contributed by atoms with Crippen LogP contribution in [-0.2, 0) is 34.7 Å². The summed E-state index contributed by atoms with van der Waals surface area (Å²) in [6.45, 7) is 3.29. The van der Waals surface area contributed by atoms with Gasteiger partial charge in [0.25, 0.3) is 0 Å². The first-order valence-corrected chi connectivity index (χ1v) is 13.4. The lowest BCUT2D eigenvalue weighted by atomic mass is 10.1. The number of ether oxygens (including phenoxy) is 6. The Morgan fingerprint density at radius 1 is 0.872 bits per heavy atom. The van der Waals surface area contributed by atoms with Gasteiger partial charge in [-0.05, 0) is 32.1 Å². The maximum Gasteiger partial charge on any atom is 0.347 e. The number of carbonyl (C=O) groups is 2. The Labute approximate surface area is 227 Å². The van der Waals surface area contributed by atoms with Gasteiger partial charge in [-0.2, -0.15) is 0 Å². The standard InChI is InChI=1S/C26H32N2O10S/c1-7-37-25(29)20(26(30)38-8-2)15-27-24-21(34-4)10-9-17(28-24)16-39(31,32)12-11-19-22(35-5)13-18(33-3)14-23(19)36-6/h9-15H,7-8,16H2,1-6H3,(H,27,28)/b12-11+. The highest BCUT2D eigenvalue weighted by atomic mass is 32.2. The lowest BCUT2D eigenvalue weighted by Crippen LogP contribution is -2.19. The molecule has 212 valence electrons. The number of carbonyl (C=O) groups excluding carboxylic acids is 2. The van der Waals surface area contributed by atoms with Gasteiger partial charge in [0.2, 0.25) is 0 Å². The number of rotatable bonds is 14. The van der Waals surface area contributed by atoms with Crippen LogP contribution in [0.2, 0.25) is 0 Å². The molecular weight excluding hydrogens is 532 g/mol. The third-order valence-corrected chi connectivity index (χ3v) is 6.27. The number of pyridine rings is 1. The van der Waals surface area contributed by atoms with Crippen molar-refractivity contribution in [1.29, 1.82) is 0 Å². The molecule has 2 rings (SSSR count). The molecule has 0 fully saturated rings. The lowest BCUT2D eigenvalue weighted by molar-refractivity contribution is -0.146. The molecule has 39 heavy (non-hydrogen) atoms. The molecule has 1 aromatic carbocycles. The van der Waals surface area contributed by atoms with Crippen LogP contribution in [-0.4, -0.2) is 67.0 Å². The largest absolute Gasteiger partial charge is 0.496 e. The number of nitrogens with one attached hydrogen (secondary N) is 1. The van der Waals surface area contributed by atoms with Crippen molar-refractivity contribution in [1.82, 2.24) is 4.98 Å². The molecule has 0 bridgehead atoms. The predicted molar refractivity (Wildman–Crippen MR) is 144 cm³/mol. The third-order valence-electron chi connectivity index (χ3n) is 5.02. The SMILES string of the molecule is CCOC(=O)C(=CNc1nc(CS(=O)(=O)/C=C/c2c(OC)cc(OC)cc2OC)ccc1OC)C(=O)OCC. The number of esters is 2. The molecule has 1 heterocycles. The Morgan fingerprint density at radius 3 is 1.92 bits per heavy atom. The van der Waals surface area contributed by atoms with Gasteiger partial charge in [-0.1, -0.05) is 0 Å². The molecule has 1 aromatic heterocycles. The maximum atomic E-state index is 12.9. The highest BCUT2D eigenvalue weighted by molar-refractivity contribution is 7.93. The summed E-state index contributed by atoms with van der Waals surface area (Å²) in [5.41, 5.74) is 0.176. The van der Waals surface area contributed by atoms with Gasteiger partial charge in [0.1, 0.15) is 17.2 Å². The zero-order valence-electron chi connectivity index (χ0n) is 22.6. The number of benzene rings is 1. The van der Waals surface area contributed by atoms with Crippen molar-refractivity contribution in [3.63, 3.8) is 0 Å². The fraction of sp³-hybridized carbons (Fsp3) is 0.346. The molecule has 13 heteroatoms. The van der Waals surface area contributed by atoms with Gasteiger partial charge in [-0.3, -0.25) is 0 Å². The van der Waals surface area contributed by atoms with Crippen molar-refractivity contribution >= 4 is 33.7 Å². The van der Waals surface area contributed by atoms with Gasteiger partial charge >= 0.3 is 11.9 Å². The van der Waals surface area contributed by atoms with Crippen LogP contribution in [0.25, 0.3) is 6.08 Å². The Bertz CT molecular complexity index is 1290. The minimum Gasteiger partial charge on any atom is -0.496 e. The van der Waals surface area contributed by atoms with Crippen molar-refractivity contribution in [2.45, 2.75) is 19.6 Å². The van der Waals surface area contributed by atoms with E-state index in [0.29, 0.717) is 22.8 Å². The highest BCUT2D eigenvalue weighted by Crippen LogP contribution is 2.35. The smallest absolute Gasteiger partial charge is 0.347 e. The van der Waals surface area contributed by atoms with Gasteiger partial charge in [0, 0.05) is 23.7 Å². The zero-order valence-corrected chi connectivity index (χ0v) is 23.4. The second kappa shape index (κ2) is 14.6. The molecule has 0 radical (unpaired) electrons. The minimum atomic E-state index is -3.83. The first-order valence-electron chi connectivity index (χ1n) is 11.7. The fourth-order valence-corrected chi connectivity index (χ4v) is 4.23. The molecule has 0 aliphatic heterocycles. The van der Waals surface area contributed by atoms with Gasteiger partial charge < -0.3 is 33.7 Å². The average molecular weight is 565 g/mol. The Balaban J connectivity index is 2.36. The van der Waals surface area contributed by atoms with E-state index in [1.807, 2.05) is 0 Å². The Hall–Kier alpha value is -4.26. The van der Waals surface area contributed by atoms with E-state index < -0.39 is 33.1 Å². The molecule has 0 aliphatic rings. The van der Waals surface area contributed by atoms with E-state index in [2.05, 4.69) is 10.3 Å². The molecule has 0 saturated heterocycles. The van der Waals surface area contributed by atoms with Crippen LogP contribution in [0.5, 0.6) is 23.0 Å². The molecular formula is C26H32N2O10S. The van der Waals surface area contributed by atoms with Crippen LogP contribution in [0.15, 0.2) is 41.4 Å². The van der Waals surface area contributed by atoms with Crippen LogP contribution in [0.4, 0.5) is 5.82 Å². The van der Waals surface area contributed by atoms with E-state index in [1.165, 1.54) is 46.6 Å². The summed E-state index contributed by atoms with van der Waals surface area (Å²) in [5.74, 6) is -0.743. The number of methoxy groups -OCH3 is 4. The zero-order chi connectivity index (χ0) is 29.0. The van der Waals surface area contributed by atoms with Crippen LogP contribution in [0, 0.1) is 0 Å². The number of sulfone groups is 1. The van der Waals surface area contributed by atoms with Gasteiger partial charge in [-0.15, -0.1) is 0 Å². The lowest BCUT2D eigenvalue weighted by Gasteiger charge is -2.12. The maximum absolute atomic E-state index is 12.9. The number of nitrogens with zero attached hydrogens (tertiary/aromatic N) is 1. The van der Waals surface area contributed by atoms with Crippen molar-refractivity contribution in [2.75, 3.05) is 47.0 Å². The number of anilines is 1. The normalized spacial score (nSPS) is 10.9. The fourth-order valence-electron chi connectivity index (χ4n) is 3.22. The molecule has 0 amide bonds. The molecule has 12 nitrogen and oxygen atoms in total. The number of hydrogen-bond donors (Lipinski definition) is 1. The quantitative estimate of drug-likeness (QED) is 0.155. The predicted octanol–water partition coefficient (Wildman–Crippen LogP) is 3.12. The van der Waals surface area contributed by atoms with Crippen molar-refractivity contribution in [2.24, 2.45) is 0 Å². The summed E-state index contributed by atoms with van der Waals surface area (Å²) in [4.78, 5) is 28.7. The van der Waals surface area contributed by atoms with Crippen molar-refractivity contribution in [3.05, 3.63) is 52.7 Å². The van der Waals surface area contributed by atoms with E-state index in [9.17, 15) is 18.0 Å². The molecule has 0 atom stereocenters. The van der Waals surface area contributed by atoms with E-state index in [0.717, 1.165) is 11.6 Å². The molecule has 0 saturated carbocycles. The number of aromatic nitrogens is 1. The summed E-state index contributed by atoms with van der Waals surface area (Å²) in [7, 11) is 1.94. The molecule has 1 N–H and O–H groups in total. The van der Waals surface area contributed by atoms with E-state index in [4.69, 9.17) is 28.4 Å². The second-order valence-corrected chi connectivity index (χ2v) is 9.44. The molecule has 2 aromatic rings. The van der Waals surface area contributed by atoms with Crippen molar-refractivity contribution < 1.29 is 46.4 Å². The van der Waals surface area contributed by atoms with E-state index >= 15 is 0 Å². The Morgan fingerprint density at radius 2 is 1.44 bits per heavy atom. The first kappa shape index (κ1) is 31.0. The van der Waals surface area contributed by atoms with Gasteiger partial charge in [0.05, 0.1) is 58.7 Å². The summed E-state index contributed by atoms with van der Waals surface area (Å²) < 4.78 is 56.9. The van der Waals surface area contributed by atoms with Crippen LogP contribution in [0.3, 0.4) is 0 Å². The number of hydrogen-bond acceptors (Lipinski definition) is 12. The molecule has 0 spiro atoms. The third kappa shape index (κ3) is 8.64. The van der Waals surface area contributed by atoms with Crippen molar-refractivity contribution in [3.8, 4) is 23.0 Å². The van der Waals surface area contributed by atoms with E-state index in [1.54, 1.807) is 26.0 Å².